The number of carboxylic acid groups (broad SMARTS) is 1. The molecule has 10 heteroatoms. The summed E-state index contributed by atoms with van der Waals surface area (Å²) in [6.45, 7) is 0.262. The summed E-state index contributed by atoms with van der Waals surface area (Å²) in [6, 6.07) is 23.0. The Morgan fingerprint density at radius 3 is 2.55 bits per heavy atom. The minimum atomic E-state index is -4.85. The molecule has 1 aliphatic rings. The first-order valence-electron chi connectivity index (χ1n) is 13.8. The van der Waals surface area contributed by atoms with Gasteiger partial charge in [-0.15, -0.1) is 13.2 Å². The highest BCUT2D eigenvalue weighted by molar-refractivity contribution is 5.79. The van der Waals surface area contributed by atoms with E-state index in [1.165, 1.54) is 12.1 Å². The number of pyridine rings is 1. The lowest BCUT2D eigenvalue weighted by Crippen LogP contribution is -2.28. The number of imidazole rings is 1. The van der Waals surface area contributed by atoms with E-state index < -0.39 is 18.2 Å². The van der Waals surface area contributed by atoms with Crippen LogP contribution in [0.1, 0.15) is 48.7 Å². The quantitative estimate of drug-likeness (QED) is 0.207. The first-order valence-corrected chi connectivity index (χ1v) is 13.8. The Labute approximate surface area is 239 Å². The van der Waals surface area contributed by atoms with E-state index in [-0.39, 0.29) is 24.8 Å². The maximum Gasteiger partial charge on any atom is 0.573 e. The zero-order chi connectivity index (χ0) is 29.3. The van der Waals surface area contributed by atoms with Crippen molar-refractivity contribution < 1.29 is 32.5 Å². The summed E-state index contributed by atoms with van der Waals surface area (Å²) in [5.74, 6) is -1.14. The van der Waals surface area contributed by atoms with Gasteiger partial charge in [-0.2, -0.15) is 0 Å². The zero-order valence-electron chi connectivity index (χ0n) is 22.6. The van der Waals surface area contributed by atoms with Crippen molar-refractivity contribution in [1.29, 1.82) is 0 Å². The van der Waals surface area contributed by atoms with E-state index in [0.717, 1.165) is 29.4 Å². The number of rotatable bonds is 8. The molecular weight excluding hydrogens is 547 g/mol. The number of aromatic nitrogens is 3. The minimum Gasteiger partial charge on any atom is -0.487 e. The fourth-order valence-electron chi connectivity index (χ4n) is 5.78. The maximum atomic E-state index is 13.2. The SMILES string of the molecule is O=C(O)[C@@H]1CCCC[C@@H]1c1nc2cc(OCc3ccc4ccccc4n3)ccc2n1Cc1ccccc1OC(F)(F)F. The van der Waals surface area contributed by atoms with Gasteiger partial charge in [0.05, 0.1) is 34.7 Å². The molecule has 216 valence electrons. The standard InChI is InChI=1S/C32H28F3N3O4/c33-32(34,35)42-29-12-6-2-8-21(29)18-38-28-16-15-23(41-19-22-14-13-20-7-1-5-11-26(20)36-22)17-27(28)37-30(38)24-9-3-4-10-25(24)31(39)40/h1-2,5-8,11-17,24-25H,3-4,9-10,18-19H2,(H,39,40)/t24-,25+/m0/s1. The number of para-hydroxylation sites is 2. The molecule has 7 nitrogen and oxygen atoms in total. The summed E-state index contributed by atoms with van der Waals surface area (Å²) in [4.78, 5) is 21.7. The van der Waals surface area contributed by atoms with Crippen LogP contribution in [0.25, 0.3) is 21.9 Å². The Balaban J connectivity index is 1.36. The smallest absolute Gasteiger partial charge is 0.487 e. The van der Waals surface area contributed by atoms with Gasteiger partial charge in [0.1, 0.15) is 23.9 Å². The van der Waals surface area contributed by atoms with Gasteiger partial charge in [-0.3, -0.25) is 4.79 Å². The second kappa shape index (κ2) is 11.3. The molecule has 0 radical (unpaired) electrons. The molecule has 42 heavy (non-hydrogen) atoms. The number of carboxylic acids is 1. The molecule has 0 saturated heterocycles. The van der Waals surface area contributed by atoms with Crippen LogP contribution in [0.5, 0.6) is 11.5 Å². The summed E-state index contributed by atoms with van der Waals surface area (Å²) in [7, 11) is 0. The van der Waals surface area contributed by atoms with Crippen molar-refractivity contribution in [2.45, 2.75) is 51.1 Å². The number of hydrogen-bond acceptors (Lipinski definition) is 5. The first-order chi connectivity index (χ1) is 20.2. The number of ether oxygens (including phenoxy) is 2. The van der Waals surface area contributed by atoms with Crippen LogP contribution in [0, 0.1) is 5.92 Å². The monoisotopic (exact) mass is 575 g/mol. The molecule has 0 unspecified atom stereocenters. The molecule has 1 aliphatic carbocycles. The molecule has 2 atom stereocenters. The fourth-order valence-corrected chi connectivity index (χ4v) is 5.78. The van der Waals surface area contributed by atoms with Crippen LogP contribution >= 0.6 is 0 Å². The summed E-state index contributed by atoms with van der Waals surface area (Å²) in [5.41, 5.74) is 3.16. The predicted molar refractivity (Wildman–Crippen MR) is 150 cm³/mol. The molecule has 1 N–H and O–H groups in total. The van der Waals surface area contributed by atoms with Gasteiger partial charge in [-0.25, -0.2) is 9.97 Å². The molecule has 6 rings (SSSR count). The van der Waals surface area contributed by atoms with Crippen molar-refractivity contribution in [3.8, 4) is 11.5 Å². The molecule has 3 aromatic carbocycles. The third-order valence-corrected chi connectivity index (χ3v) is 7.73. The van der Waals surface area contributed by atoms with Crippen molar-refractivity contribution in [3.63, 3.8) is 0 Å². The number of hydrogen-bond donors (Lipinski definition) is 1. The van der Waals surface area contributed by atoms with Crippen molar-refractivity contribution in [2.24, 2.45) is 5.92 Å². The highest BCUT2D eigenvalue weighted by Crippen LogP contribution is 2.40. The molecule has 1 saturated carbocycles. The van der Waals surface area contributed by atoms with Crippen LogP contribution in [0.15, 0.2) is 78.9 Å². The van der Waals surface area contributed by atoms with Crippen molar-refractivity contribution in [3.05, 3.63) is 95.9 Å². The van der Waals surface area contributed by atoms with Gasteiger partial charge < -0.3 is 19.1 Å². The number of benzene rings is 3. The normalized spacial score (nSPS) is 17.4. The average molecular weight is 576 g/mol. The van der Waals surface area contributed by atoms with E-state index in [1.54, 1.807) is 30.3 Å². The number of halogens is 3. The maximum absolute atomic E-state index is 13.2. The number of nitrogens with zero attached hydrogens (tertiary/aromatic N) is 3. The van der Waals surface area contributed by atoms with Crippen molar-refractivity contribution in [2.75, 3.05) is 0 Å². The Morgan fingerprint density at radius 2 is 1.71 bits per heavy atom. The van der Waals surface area contributed by atoms with Crippen LogP contribution in [0.2, 0.25) is 0 Å². The van der Waals surface area contributed by atoms with Gasteiger partial charge in [0, 0.05) is 22.9 Å². The second-order valence-electron chi connectivity index (χ2n) is 10.5. The highest BCUT2D eigenvalue weighted by Gasteiger charge is 2.36. The van der Waals surface area contributed by atoms with Crippen molar-refractivity contribution >= 4 is 27.9 Å². The summed E-state index contributed by atoms with van der Waals surface area (Å²) < 4.78 is 51.6. The third kappa shape index (κ3) is 5.88. The molecule has 5 aromatic rings. The predicted octanol–water partition coefficient (Wildman–Crippen LogP) is 7.47. The van der Waals surface area contributed by atoms with Crippen LogP contribution in [0.4, 0.5) is 13.2 Å². The number of fused-ring (bicyclic) bond motifs is 2. The van der Waals surface area contributed by atoms with E-state index in [4.69, 9.17) is 9.72 Å². The van der Waals surface area contributed by atoms with E-state index in [1.807, 2.05) is 41.0 Å². The molecule has 2 aromatic heterocycles. The molecule has 2 heterocycles. The van der Waals surface area contributed by atoms with Gasteiger partial charge >= 0.3 is 12.3 Å². The third-order valence-electron chi connectivity index (χ3n) is 7.73. The van der Waals surface area contributed by atoms with Crippen LogP contribution in [-0.2, 0) is 17.9 Å². The van der Waals surface area contributed by atoms with E-state index in [0.29, 0.717) is 41.0 Å². The Bertz CT molecular complexity index is 1750. The zero-order valence-corrected chi connectivity index (χ0v) is 22.6. The second-order valence-corrected chi connectivity index (χ2v) is 10.5. The number of alkyl halides is 3. The fraction of sp³-hybridized carbons (Fsp3) is 0.281. The first kappa shape index (κ1) is 27.6. The lowest BCUT2D eigenvalue weighted by Gasteiger charge is -2.28. The van der Waals surface area contributed by atoms with E-state index in [9.17, 15) is 23.1 Å². The van der Waals surface area contributed by atoms with Gasteiger partial charge in [-0.05, 0) is 43.2 Å². The van der Waals surface area contributed by atoms with Gasteiger partial charge in [0.2, 0.25) is 0 Å². The molecule has 0 aliphatic heterocycles. The summed E-state index contributed by atoms with van der Waals surface area (Å²) in [5, 5.41) is 11.0. The number of carbonyl (C=O) groups is 1. The van der Waals surface area contributed by atoms with Gasteiger partial charge in [0.25, 0.3) is 0 Å². The Morgan fingerprint density at radius 1 is 0.929 bits per heavy atom. The topological polar surface area (TPSA) is 86.5 Å². The Hall–Kier alpha value is -4.60. The van der Waals surface area contributed by atoms with E-state index >= 15 is 0 Å². The van der Waals surface area contributed by atoms with Crippen LogP contribution in [0.3, 0.4) is 0 Å². The largest absolute Gasteiger partial charge is 0.573 e. The molecule has 0 spiro atoms. The van der Waals surface area contributed by atoms with Gasteiger partial charge in [-0.1, -0.05) is 55.3 Å². The van der Waals surface area contributed by atoms with Gasteiger partial charge in [0.15, 0.2) is 0 Å². The lowest BCUT2D eigenvalue weighted by molar-refractivity contribution is -0.274. The molecule has 0 amide bonds. The number of aliphatic carboxylic acids is 1. The molecule has 1 fully saturated rings. The molecular formula is C32H28F3N3O4. The summed E-state index contributed by atoms with van der Waals surface area (Å²) >= 11 is 0. The molecule has 0 bridgehead atoms. The van der Waals surface area contributed by atoms with Crippen LogP contribution in [-0.4, -0.2) is 32.0 Å². The summed E-state index contributed by atoms with van der Waals surface area (Å²) in [6.07, 6.45) is -2.06. The lowest BCUT2D eigenvalue weighted by atomic mass is 9.78. The average Bonchev–Trinajstić information content (AvgIpc) is 3.33. The van der Waals surface area contributed by atoms with Crippen LogP contribution < -0.4 is 9.47 Å². The minimum absolute atomic E-state index is 0.0299. The highest BCUT2D eigenvalue weighted by atomic mass is 19.4. The van der Waals surface area contributed by atoms with E-state index in [2.05, 4.69) is 9.72 Å². The Kier molecular flexibility index (Phi) is 7.45. The van der Waals surface area contributed by atoms with Crippen molar-refractivity contribution in [1.82, 2.24) is 14.5 Å².